The van der Waals surface area contributed by atoms with E-state index in [-0.39, 0.29) is 5.38 Å². The van der Waals surface area contributed by atoms with Crippen molar-refractivity contribution in [3.05, 3.63) is 29.8 Å². The number of benzene rings is 1. The normalized spacial score (nSPS) is 18.9. The van der Waals surface area contributed by atoms with Crippen LogP contribution in [0.5, 0.6) is 5.75 Å². The zero-order valence-corrected chi connectivity index (χ0v) is 11.2. The quantitative estimate of drug-likeness (QED) is 0.721. The fraction of sp³-hybridized carbons (Fsp3) is 0.600. The number of ether oxygens (including phenoxy) is 1. The number of para-hydroxylation sites is 1. The Morgan fingerprint density at radius 2 is 1.94 bits per heavy atom. The lowest BCUT2D eigenvalue weighted by Gasteiger charge is -2.26. The minimum atomic E-state index is 0.256. The molecule has 94 valence electrons. The van der Waals surface area contributed by atoms with E-state index in [1.807, 2.05) is 12.1 Å². The van der Waals surface area contributed by atoms with Crippen LogP contribution in [0, 0.1) is 5.92 Å². The second-order valence-corrected chi connectivity index (χ2v) is 5.49. The van der Waals surface area contributed by atoms with Crippen molar-refractivity contribution < 1.29 is 4.74 Å². The van der Waals surface area contributed by atoms with E-state index in [1.165, 1.54) is 37.7 Å². The molecule has 1 unspecified atom stereocenters. The van der Waals surface area contributed by atoms with Crippen molar-refractivity contribution in [1.29, 1.82) is 0 Å². The number of rotatable bonds is 4. The monoisotopic (exact) mass is 252 g/mol. The highest BCUT2D eigenvalue weighted by Gasteiger charge is 2.22. The van der Waals surface area contributed by atoms with Gasteiger partial charge in [-0.05, 0) is 36.8 Å². The van der Waals surface area contributed by atoms with Crippen molar-refractivity contribution in [1.82, 2.24) is 0 Å². The van der Waals surface area contributed by atoms with Gasteiger partial charge in [-0.25, -0.2) is 0 Å². The Hall–Kier alpha value is -0.690. The third-order valence-electron chi connectivity index (χ3n) is 3.77. The van der Waals surface area contributed by atoms with Gasteiger partial charge in [0.25, 0.3) is 0 Å². The van der Waals surface area contributed by atoms with Gasteiger partial charge in [0.2, 0.25) is 0 Å². The maximum Gasteiger partial charge on any atom is 0.122 e. The minimum Gasteiger partial charge on any atom is -0.496 e. The van der Waals surface area contributed by atoms with Gasteiger partial charge >= 0.3 is 0 Å². The first kappa shape index (κ1) is 12.8. The van der Waals surface area contributed by atoms with Gasteiger partial charge in [0.1, 0.15) is 5.75 Å². The van der Waals surface area contributed by atoms with Gasteiger partial charge in [-0.1, -0.05) is 37.5 Å². The lowest BCUT2D eigenvalue weighted by atomic mass is 9.85. The number of alkyl halides is 1. The second kappa shape index (κ2) is 6.30. The van der Waals surface area contributed by atoms with Crippen molar-refractivity contribution in [3.8, 4) is 5.75 Å². The molecule has 0 radical (unpaired) electrons. The van der Waals surface area contributed by atoms with Gasteiger partial charge in [-0.2, -0.15) is 0 Å². The van der Waals surface area contributed by atoms with Crippen LogP contribution in [0.3, 0.4) is 0 Å². The molecule has 1 aromatic rings. The van der Waals surface area contributed by atoms with E-state index < -0.39 is 0 Å². The van der Waals surface area contributed by atoms with Crippen LogP contribution in [0.25, 0.3) is 0 Å². The number of hydrogen-bond acceptors (Lipinski definition) is 1. The molecule has 17 heavy (non-hydrogen) atoms. The molecule has 1 atom stereocenters. The van der Waals surface area contributed by atoms with E-state index in [9.17, 15) is 0 Å². The maximum absolute atomic E-state index is 6.57. The first-order valence-corrected chi connectivity index (χ1v) is 7.01. The van der Waals surface area contributed by atoms with Gasteiger partial charge in [0.15, 0.2) is 0 Å². The van der Waals surface area contributed by atoms with Gasteiger partial charge in [0.05, 0.1) is 7.11 Å². The predicted octanol–water partition coefficient (Wildman–Crippen LogP) is 4.43. The molecule has 0 aromatic heterocycles. The molecule has 0 N–H and O–H groups in total. The smallest absolute Gasteiger partial charge is 0.122 e. The van der Waals surface area contributed by atoms with Crippen LogP contribution in [-0.2, 0) is 6.42 Å². The summed E-state index contributed by atoms with van der Waals surface area (Å²) < 4.78 is 5.37. The summed E-state index contributed by atoms with van der Waals surface area (Å²) in [4.78, 5) is 0. The first-order valence-electron chi connectivity index (χ1n) is 6.57. The zero-order chi connectivity index (χ0) is 12.1. The van der Waals surface area contributed by atoms with Crippen LogP contribution in [-0.4, -0.2) is 12.5 Å². The summed E-state index contributed by atoms with van der Waals surface area (Å²) in [7, 11) is 1.72. The van der Waals surface area contributed by atoms with E-state index >= 15 is 0 Å². The predicted molar refractivity (Wildman–Crippen MR) is 72.9 cm³/mol. The summed E-state index contributed by atoms with van der Waals surface area (Å²) in [6, 6.07) is 8.20. The molecule has 2 heteroatoms. The highest BCUT2D eigenvalue weighted by Crippen LogP contribution is 2.32. The molecule has 0 heterocycles. The SMILES string of the molecule is COc1ccccc1CC(Cl)C1CCCCC1. The molecular formula is C15H21ClO. The Kier molecular flexibility index (Phi) is 4.73. The Morgan fingerprint density at radius 1 is 1.24 bits per heavy atom. The van der Waals surface area contributed by atoms with Crippen molar-refractivity contribution >= 4 is 11.6 Å². The van der Waals surface area contributed by atoms with Crippen molar-refractivity contribution in [2.24, 2.45) is 5.92 Å². The topological polar surface area (TPSA) is 9.23 Å². The molecule has 0 amide bonds. The van der Waals surface area contributed by atoms with Crippen molar-refractivity contribution in [2.45, 2.75) is 43.9 Å². The van der Waals surface area contributed by atoms with Gasteiger partial charge < -0.3 is 4.74 Å². The van der Waals surface area contributed by atoms with Crippen LogP contribution in [0.4, 0.5) is 0 Å². The molecule has 0 saturated heterocycles. The summed E-state index contributed by atoms with van der Waals surface area (Å²) in [5.41, 5.74) is 1.24. The molecule has 0 aliphatic heterocycles. The second-order valence-electron chi connectivity index (χ2n) is 4.93. The van der Waals surface area contributed by atoms with Crippen LogP contribution in [0.2, 0.25) is 0 Å². The largest absolute Gasteiger partial charge is 0.496 e. The van der Waals surface area contributed by atoms with Crippen LogP contribution in [0.15, 0.2) is 24.3 Å². The summed E-state index contributed by atoms with van der Waals surface area (Å²) in [6.07, 6.45) is 7.59. The molecule has 1 aliphatic rings. The Balaban J connectivity index is 1.99. The van der Waals surface area contributed by atoms with E-state index in [4.69, 9.17) is 16.3 Å². The summed E-state index contributed by atoms with van der Waals surface area (Å²) in [6.45, 7) is 0. The van der Waals surface area contributed by atoms with Gasteiger partial charge in [-0.15, -0.1) is 11.6 Å². The molecule has 1 nitrogen and oxygen atoms in total. The minimum absolute atomic E-state index is 0.256. The standard InChI is InChI=1S/C15H21ClO/c1-17-15-10-6-5-9-13(15)11-14(16)12-7-3-2-4-8-12/h5-6,9-10,12,14H,2-4,7-8,11H2,1H3. The van der Waals surface area contributed by atoms with E-state index in [0.717, 1.165) is 12.2 Å². The number of methoxy groups -OCH3 is 1. The zero-order valence-electron chi connectivity index (χ0n) is 10.5. The van der Waals surface area contributed by atoms with Crippen LogP contribution in [0.1, 0.15) is 37.7 Å². The summed E-state index contributed by atoms with van der Waals surface area (Å²) in [5, 5.41) is 0.256. The lowest BCUT2D eigenvalue weighted by molar-refractivity contribution is 0.341. The molecule has 1 saturated carbocycles. The average Bonchev–Trinajstić information content (AvgIpc) is 2.40. The Labute approximate surface area is 109 Å². The molecule has 1 aliphatic carbocycles. The number of halogens is 1. The highest BCUT2D eigenvalue weighted by molar-refractivity contribution is 6.20. The summed E-state index contributed by atoms with van der Waals surface area (Å²) >= 11 is 6.57. The molecular weight excluding hydrogens is 232 g/mol. The fourth-order valence-electron chi connectivity index (χ4n) is 2.74. The Morgan fingerprint density at radius 3 is 2.65 bits per heavy atom. The number of hydrogen-bond donors (Lipinski definition) is 0. The van der Waals surface area contributed by atoms with Crippen LogP contribution < -0.4 is 4.74 Å². The average molecular weight is 253 g/mol. The molecule has 1 fully saturated rings. The van der Waals surface area contributed by atoms with Gasteiger partial charge in [-0.3, -0.25) is 0 Å². The Bertz CT molecular complexity index is 345. The van der Waals surface area contributed by atoms with Crippen molar-refractivity contribution in [2.75, 3.05) is 7.11 Å². The first-order chi connectivity index (χ1) is 8.31. The molecule has 0 spiro atoms. The van der Waals surface area contributed by atoms with E-state index in [1.54, 1.807) is 7.11 Å². The van der Waals surface area contributed by atoms with Gasteiger partial charge in [0, 0.05) is 5.38 Å². The summed E-state index contributed by atoms with van der Waals surface area (Å²) in [5.74, 6) is 1.66. The maximum atomic E-state index is 6.57. The van der Waals surface area contributed by atoms with E-state index in [0.29, 0.717) is 5.92 Å². The molecule has 0 bridgehead atoms. The lowest BCUT2D eigenvalue weighted by Crippen LogP contribution is -2.20. The fourth-order valence-corrected chi connectivity index (χ4v) is 3.16. The molecule has 2 rings (SSSR count). The van der Waals surface area contributed by atoms with Crippen molar-refractivity contribution in [3.63, 3.8) is 0 Å². The third-order valence-corrected chi connectivity index (χ3v) is 4.28. The van der Waals surface area contributed by atoms with Crippen LogP contribution >= 0.6 is 11.6 Å². The molecule has 1 aromatic carbocycles. The highest BCUT2D eigenvalue weighted by atomic mass is 35.5. The third kappa shape index (κ3) is 3.38. The van der Waals surface area contributed by atoms with E-state index in [2.05, 4.69) is 12.1 Å².